The van der Waals surface area contributed by atoms with Gasteiger partial charge in [-0.05, 0) is 36.9 Å². The molecule has 0 spiro atoms. The lowest BCUT2D eigenvalue weighted by molar-refractivity contribution is 0.280. The second-order valence-electron chi connectivity index (χ2n) is 6.95. The van der Waals surface area contributed by atoms with Gasteiger partial charge in [-0.15, -0.1) is 0 Å². The zero-order valence-electron chi connectivity index (χ0n) is 13.8. The Labute approximate surface area is 133 Å². The van der Waals surface area contributed by atoms with Crippen LogP contribution < -0.4 is 15.0 Å². The van der Waals surface area contributed by atoms with Crippen LogP contribution in [0.5, 0.6) is 5.75 Å². The van der Waals surface area contributed by atoms with Gasteiger partial charge in [-0.25, -0.2) is 0 Å². The topological polar surface area (TPSA) is 24.5 Å². The Kier molecular flexibility index (Phi) is 5.05. The highest BCUT2D eigenvalue weighted by molar-refractivity contribution is 6.31. The molecule has 0 aliphatic carbocycles. The van der Waals surface area contributed by atoms with Crippen LogP contribution >= 0.6 is 11.6 Å². The fourth-order valence-electron chi connectivity index (χ4n) is 2.78. The van der Waals surface area contributed by atoms with E-state index in [4.69, 9.17) is 16.3 Å². The lowest BCUT2D eigenvalue weighted by Gasteiger charge is -2.35. The van der Waals surface area contributed by atoms with Crippen molar-refractivity contribution < 1.29 is 4.74 Å². The van der Waals surface area contributed by atoms with Crippen LogP contribution in [0.1, 0.15) is 32.8 Å². The minimum absolute atomic E-state index is 0.233. The Hall–Kier alpha value is -0.930. The molecule has 3 nitrogen and oxygen atoms in total. The highest BCUT2D eigenvalue weighted by Crippen LogP contribution is 2.35. The molecule has 1 saturated heterocycles. The van der Waals surface area contributed by atoms with Crippen LogP contribution in [0.4, 0.5) is 5.69 Å². The first-order valence-corrected chi connectivity index (χ1v) is 8.03. The van der Waals surface area contributed by atoms with E-state index in [1.807, 2.05) is 13.0 Å². The maximum atomic E-state index is 6.23. The zero-order chi connectivity index (χ0) is 15.6. The van der Waals surface area contributed by atoms with Crippen molar-refractivity contribution in [3.05, 3.63) is 22.7 Å². The van der Waals surface area contributed by atoms with Crippen LogP contribution in [-0.2, 0) is 0 Å². The van der Waals surface area contributed by atoms with E-state index < -0.39 is 0 Å². The molecule has 21 heavy (non-hydrogen) atoms. The van der Waals surface area contributed by atoms with E-state index in [-0.39, 0.29) is 5.41 Å². The minimum atomic E-state index is 0.233. The molecule has 0 bridgehead atoms. The molecule has 1 atom stereocenters. The van der Waals surface area contributed by atoms with Crippen molar-refractivity contribution in [3.8, 4) is 5.75 Å². The lowest BCUT2D eigenvalue weighted by Crippen LogP contribution is -2.46. The minimum Gasteiger partial charge on any atom is -0.495 e. The van der Waals surface area contributed by atoms with Gasteiger partial charge in [0.1, 0.15) is 5.75 Å². The van der Waals surface area contributed by atoms with Crippen LogP contribution in [0.2, 0.25) is 5.02 Å². The second-order valence-corrected chi connectivity index (χ2v) is 7.35. The van der Waals surface area contributed by atoms with Crippen molar-refractivity contribution >= 4 is 17.3 Å². The number of methoxy groups -OCH3 is 1. The summed E-state index contributed by atoms with van der Waals surface area (Å²) in [7, 11) is 1.71. The largest absolute Gasteiger partial charge is 0.495 e. The summed E-state index contributed by atoms with van der Waals surface area (Å²) >= 11 is 6.23. The van der Waals surface area contributed by atoms with E-state index in [1.165, 1.54) is 0 Å². The van der Waals surface area contributed by atoms with Gasteiger partial charge in [0.05, 0.1) is 12.8 Å². The van der Waals surface area contributed by atoms with Gasteiger partial charge >= 0.3 is 0 Å². The van der Waals surface area contributed by atoms with Gasteiger partial charge in [0.15, 0.2) is 0 Å². The Balaban J connectivity index is 2.33. The SMILES string of the molecule is COc1cc(Cl)c(C)cc1N1CCCNC(C(C)(C)C)C1. The number of ether oxygens (including phenoxy) is 1. The fourth-order valence-corrected chi connectivity index (χ4v) is 2.93. The molecule has 1 fully saturated rings. The summed E-state index contributed by atoms with van der Waals surface area (Å²) in [6.45, 7) is 12.0. The molecule has 1 aliphatic rings. The Morgan fingerprint density at radius 3 is 2.67 bits per heavy atom. The normalized spacial score (nSPS) is 20.3. The summed E-state index contributed by atoms with van der Waals surface area (Å²) in [5, 5.41) is 4.44. The maximum Gasteiger partial charge on any atom is 0.143 e. The average molecular weight is 311 g/mol. The van der Waals surface area contributed by atoms with E-state index in [2.05, 4.69) is 37.1 Å². The van der Waals surface area contributed by atoms with Crippen molar-refractivity contribution in [2.45, 2.75) is 40.2 Å². The fraction of sp³-hybridized carbons (Fsp3) is 0.647. The summed E-state index contributed by atoms with van der Waals surface area (Å²) in [6.07, 6.45) is 1.14. The van der Waals surface area contributed by atoms with Crippen LogP contribution in [0.15, 0.2) is 12.1 Å². The molecule has 1 heterocycles. The molecule has 1 aliphatic heterocycles. The van der Waals surface area contributed by atoms with Gasteiger partial charge < -0.3 is 15.0 Å². The highest BCUT2D eigenvalue weighted by atomic mass is 35.5. The van der Waals surface area contributed by atoms with E-state index in [9.17, 15) is 0 Å². The first-order valence-electron chi connectivity index (χ1n) is 7.65. The number of nitrogens with zero attached hydrogens (tertiary/aromatic N) is 1. The lowest BCUT2D eigenvalue weighted by atomic mass is 9.86. The monoisotopic (exact) mass is 310 g/mol. The van der Waals surface area contributed by atoms with Gasteiger partial charge in [-0.2, -0.15) is 0 Å². The van der Waals surface area contributed by atoms with Crippen LogP contribution in [0.3, 0.4) is 0 Å². The van der Waals surface area contributed by atoms with Crippen LogP contribution in [0.25, 0.3) is 0 Å². The zero-order valence-corrected chi connectivity index (χ0v) is 14.5. The third-order valence-corrected chi connectivity index (χ3v) is 4.65. The highest BCUT2D eigenvalue weighted by Gasteiger charge is 2.29. The molecule has 1 unspecified atom stereocenters. The molecule has 0 saturated carbocycles. The summed E-state index contributed by atoms with van der Waals surface area (Å²) in [6, 6.07) is 4.53. The number of rotatable bonds is 2. The first-order chi connectivity index (χ1) is 9.82. The number of nitrogens with one attached hydrogen (secondary N) is 1. The van der Waals surface area contributed by atoms with Gasteiger partial charge in [0.25, 0.3) is 0 Å². The standard InChI is InChI=1S/C17H27ClN2O/c1-12-9-14(15(21-5)10-13(12)18)20-8-6-7-19-16(11-20)17(2,3)4/h9-10,16,19H,6-8,11H2,1-5H3. The number of benzene rings is 1. The summed E-state index contributed by atoms with van der Waals surface area (Å²) in [5.74, 6) is 0.861. The van der Waals surface area contributed by atoms with Crippen molar-refractivity contribution in [1.29, 1.82) is 0 Å². The molecule has 0 radical (unpaired) electrons. The molecule has 0 amide bonds. The van der Waals surface area contributed by atoms with Gasteiger partial charge in [-0.3, -0.25) is 0 Å². The average Bonchev–Trinajstić information content (AvgIpc) is 2.66. The molecule has 1 N–H and O–H groups in total. The molecule has 1 aromatic carbocycles. The quantitative estimate of drug-likeness (QED) is 0.897. The number of anilines is 1. The van der Waals surface area contributed by atoms with Crippen molar-refractivity contribution in [1.82, 2.24) is 5.32 Å². The molecular formula is C17H27ClN2O. The Morgan fingerprint density at radius 2 is 2.05 bits per heavy atom. The van der Waals surface area contributed by atoms with Crippen molar-refractivity contribution in [3.63, 3.8) is 0 Å². The molecule has 4 heteroatoms. The summed E-state index contributed by atoms with van der Waals surface area (Å²) < 4.78 is 5.55. The smallest absolute Gasteiger partial charge is 0.143 e. The Bertz CT molecular complexity index is 496. The number of aryl methyl sites for hydroxylation is 1. The molecule has 2 rings (SSSR count). The number of hydrogen-bond donors (Lipinski definition) is 1. The van der Waals surface area contributed by atoms with E-state index in [0.29, 0.717) is 6.04 Å². The summed E-state index contributed by atoms with van der Waals surface area (Å²) in [5.41, 5.74) is 2.48. The summed E-state index contributed by atoms with van der Waals surface area (Å²) in [4.78, 5) is 2.43. The van der Waals surface area contributed by atoms with E-state index >= 15 is 0 Å². The Morgan fingerprint density at radius 1 is 1.33 bits per heavy atom. The number of halogens is 1. The molecule has 1 aromatic rings. The molecular weight excluding hydrogens is 284 g/mol. The van der Waals surface area contributed by atoms with Gasteiger partial charge in [0.2, 0.25) is 0 Å². The van der Waals surface area contributed by atoms with E-state index in [1.54, 1.807) is 7.11 Å². The molecule has 118 valence electrons. The van der Waals surface area contributed by atoms with Crippen molar-refractivity contribution in [2.24, 2.45) is 5.41 Å². The van der Waals surface area contributed by atoms with Gasteiger partial charge in [0, 0.05) is 30.2 Å². The first kappa shape index (κ1) is 16.4. The third-order valence-electron chi connectivity index (χ3n) is 4.24. The van der Waals surface area contributed by atoms with Crippen LogP contribution in [0, 0.1) is 12.3 Å². The van der Waals surface area contributed by atoms with Gasteiger partial charge in [-0.1, -0.05) is 32.4 Å². The number of hydrogen-bond acceptors (Lipinski definition) is 3. The predicted molar refractivity (Wildman–Crippen MR) is 90.8 cm³/mol. The second kappa shape index (κ2) is 6.45. The predicted octanol–water partition coefficient (Wildman–Crippen LogP) is 3.87. The maximum absolute atomic E-state index is 6.23. The third kappa shape index (κ3) is 3.83. The van der Waals surface area contributed by atoms with Crippen molar-refractivity contribution in [2.75, 3.05) is 31.6 Å². The van der Waals surface area contributed by atoms with Crippen LogP contribution in [-0.4, -0.2) is 32.8 Å². The molecule has 0 aromatic heterocycles. The van der Waals surface area contributed by atoms with E-state index in [0.717, 1.165) is 48.1 Å².